The molecule has 0 saturated heterocycles. The second kappa shape index (κ2) is 16.9. The number of hydrogen-bond acceptors (Lipinski definition) is 4. The van der Waals surface area contributed by atoms with Crippen molar-refractivity contribution >= 4 is 108 Å². The lowest BCUT2D eigenvalue weighted by atomic mass is 9.95. The minimum Gasteiger partial charge on any atom is -0.309 e. The number of fused-ring (bicyclic) bond motifs is 7. The molecule has 0 aliphatic carbocycles. The Kier molecular flexibility index (Phi) is 9.93. The van der Waals surface area contributed by atoms with Crippen LogP contribution in [0.5, 0.6) is 0 Å². The molecule has 320 valence electrons. The summed E-state index contributed by atoms with van der Waals surface area (Å²) in [5.74, 6) is 0. The number of benzene rings is 11. The molecule has 0 aliphatic heterocycles. The molecule has 13 aromatic rings. The van der Waals surface area contributed by atoms with Gasteiger partial charge >= 0.3 is 0 Å². The molecule has 0 atom stereocenters. The molecule has 0 saturated carbocycles. The van der Waals surface area contributed by atoms with Crippen molar-refractivity contribution in [2.75, 3.05) is 9.80 Å². The molecule has 0 amide bonds. The van der Waals surface area contributed by atoms with Crippen molar-refractivity contribution in [1.82, 2.24) is 0 Å². The van der Waals surface area contributed by atoms with E-state index in [4.69, 9.17) is 0 Å². The van der Waals surface area contributed by atoms with Gasteiger partial charge in [-0.25, -0.2) is 0 Å². The fourth-order valence-electron chi connectivity index (χ4n) is 10.2. The van der Waals surface area contributed by atoms with Crippen LogP contribution in [-0.4, -0.2) is 0 Å². The molecule has 13 rings (SSSR count). The fraction of sp³-hybridized carbons (Fsp3) is 0. The van der Waals surface area contributed by atoms with Gasteiger partial charge in [0.05, 0.1) is 32.1 Å². The maximum absolute atomic E-state index is 2.51. The standard InChI is InChI=1S/C64H42N2S2/c1-3-19-43(20-4-1)49-39-40-58(52-29-8-7-28-51(49)52)65(57-34-12-9-27-50(57)44-21-5-2-6-22-44)47-25-15-23-45(41-47)46-24-16-26-48(42-46)66(59-35-17-32-55-53-30-10-13-37-61(53)67-63(55)59)60-36-18-33-56-54-31-11-14-38-62(54)68-64(56)60/h1-42H. The van der Waals surface area contributed by atoms with E-state index in [2.05, 4.69) is 265 Å². The topological polar surface area (TPSA) is 6.48 Å². The normalized spacial score (nSPS) is 11.5. The largest absolute Gasteiger partial charge is 0.309 e. The van der Waals surface area contributed by atoms with Crippen LogP contribution in [0.3, 0.4) is 0 Å². The third-order valence-electron chi connectivity index (χ3n) is 13.2. The molecule has 0 spiro atoms. The first-order chi connectivity index (χ1) is 33.7. The van der Waals surface area contributed by atoms with Gasteiger partial charge in [-0.3, -0.25) is 0 Å². The summed E-state index contributed by atoms with van der Waals surface area (Å²) in [7, 11) is 0. The van der Waals surface area contributed by atoms with Crippen molar-refractivity contribution in [2.45, 2.75) is 0 Å². The first-order valence-electron chi connectivity index (χ1n) is 23.1. The third kappa shape index (κ3) is 6.84. The van der Waals surface area contributed by atoms with Gasteiger partial charge in [-0.15, -0.1) is 22.7 Å². The highest BCUT2D eigenvalue weighted by molar-refractivity contribution is 7.27. The molecule has 0 fully saturated rings. The summed E-state index contributed by atoms with van der Waals surface area (Å²) >= 11 is 3.75. The predicted octanol–water partition coefficient (Wildman–Crippen LogP) is 19.5. The predicted molar refractivity (Wildman–Crippen MR) is 295 cm³/mol. The average molecular weight is 903 g/mol. The third-order valence-corrected chi connectivity index (χ3v) is 15.7. The lowest BCUT2D eigenvalue weighted by Gasteiger charge is -2.30. The van der Waals surface area contributed by atoms with Gasteiger partial charge in [-0.05, 0) is 93.9 Å². The summed E-state index contributed by atoms with van der Waals surface area (Å²) in [5.41, 5.74) is 13.8. The van der Waals surface area contributed by atoms with Gasteiger partial charge in [-0.1, -0.05) is 194 Å². The SMILES string of the molecule is c1ccc(-c2ccccc2N(c2cccc(-c3cccc(N(c4cccc5c4sc4ccccc45)c4cccc5c4sc4ccccc45)c3)c2)c2ccc(-c3ccccc3)c3ccccc23)cc1. The van der Waals surface area contributed by atoms with E-state index >= 15 is 0 Å². The molecule has 0 aliphatic rings. The van der Waals surface area contributed by atoms with Crippen LogP contribution in [0, 0.1) is 0 Å². The summed E-state index contributed by atoms with van der Waals surface area (Å²) in [4.78, 5) is 4.97. The Bertz CT molecular complexity index is 3890. The average Bonchev–Trinajstić information content (AvgIpc) is 3.99. The van der Waals surface area contributed by atoms with Crippen molar-refractivity contribution in [3.8, 4) is 33.4 Å². The summed E-state index contributed by atoms with van der Waals surface area (Å²) < 4.78 is 5.14. The van der Waals surface area contributed by atoms with Crippen LogP contribution >= 0.6 is 22.7 Å². The Hall–Kier alpha value is -8.28. The zero-order valence-corrected chi connectivity index (χ0v) is 38.6. The Morgan fingerprint density at radius 3 is 1.24 bits per heavy atom. The number of rotatable bonds is 9. The quantitative estimate of drug-likeness (QED) is 0.142. The van der Waals surface area contributed by atoms with Crippen LogP contribution in [0.15, 0.2) is 255 Å². The van der Waals surface area contributed by atoms with Gasteiger partial charge in [0.15, 0.2) is 0 Å². The zero-order valence-electron chi connectivity index (χ0n) is 37.0. The maximum Gasteiger partial charge on any atom is 0.0640 e. The van der Waals surface area contributed by atoms with Crippen molar-refractivity contribution in [1.29, 1.82) is 0 Å². The minimum atomic E-state index is 1.08. The van der Waals surface area contributed by atoms with E-state index in [-0.39, 0.29) is 0 Å². The van der Waals surface area contributed by atoms with Crippen LogP contribution in [0.4, 0.5) is 34.1 Å². The van der Waals surface area contributed by atoms with E-state index in [1.807, 2.05) is 22.7 Å². The first kappa shape index (κ1) is 40.0. The maximum atomic E-state index is 2.51. The fourth-order valence-corrected chi connectivity index (χ4v) is 12.6. The van der Waals surface area contributed by atoms with Crippen molar-refractivity contribution < 1.29 is 0 Å². The van der Waals surface area contributed by atoms with Crippen molar-refractivity contribution in [3.63, 3.8) is 0 Å². The Morgan fingerprint density at radius 2 is 0.647 bits per heavy atom. The molecule has 0 N–H and O–H groups in total. The Morgan fingerprint density at radius 1 is 0.235 bits per heavy atom. The number of nitrogens with zero attached hydrogens (tertiary/aromatic N) is 2. The second-order valence-electron chi connectivity index (χ2n) is 17.2. The molecule has 4 heteroatoms. The van der Waals surface area contributed by atoms with Crippen LogP contribution in [0.2, 0.25) is 0 Å². The Balaban J connectivity index is 1.01. The number of para-hydroxylation sites is 1. The smallest absolute Gasteiger partial charge is 0.0640 e. The molecule has 0 radical (unpaired) electrons. The van der Waals surface area contributed by atoms with Crippen LogP contribution < -0.4 is 9.80 Å². The van der Waals surface area contributed by atoms with E-state index in [9.17, 15) is 0 Å². The van der Waals surface area contributed by atoms with Gasteiger partial charge in [0.2, 0.25) is 0 Å². The molecular formula is C64H42N2S2. The molecular weight excluding hydrogens is 861 g/mol. The minimum absolute atomic E-state index is 1.08. The van der Waals surface area contributed by atoms with Crippen LogP contribution in [0.1, 0.15) is 0 Å². The molecule has 0 bridgehead atoms. The van der Waals surface area contributed by atoms with Gasteiger partial charge in [-0.2, -0.15) is 0 Å². The lowest BCUT2D eigenvalue weighted by Crippen LogP contribution is -2.12. The molecule has 2 nitrogen and oxygen atoms in total. The highest BCUT2D eigenvalue weighted by Crippen LogP contribution is 2.50. The van der Waals surface area contributed by atoms with Crippen LogP contribution in [0.25, 0.3) is 84.5 Å². The van der Waals surface area contributed by atoms with E-state index in [1.54, 1.807) is 0 Å². The summed E-state index contributed by atoms with van der Waals surface area (Å²) in [5, 5.41) is 7.54. The number of thiophene rings is 2. The van der Waals surface area contributed by atoms with E-state index in [0.717, 1.165) is 39.4 Å². The molecule has 68 heavy (non-hydrogen) atoms. The molecule has 2 heterocycles. The van der Waals surface area contributed by atoms with Crippen molar-refractivity contribution in [2.24, 2.45) is 0 Å². The summed E-state index contributed by atoms with van der Waals surface area (Å²) in [6, 6.07) is 93.1. The summed E-state index contributed by atoms with van der Waals surface area (Å²) in [6.45, 7) is 0. The Labute approximate surface area is 403 Å². The highest BCUT2D eigenvalue weighted by Gasteiger charge is 2.24. The second-order valence-corrected chi connectivity index (χ2v) is 19.3. The highest BCUT2D eigenvalue weighted by atomic mass is 32.1. The van der Waals surface area contributed by atoms with Crippen molar-refractivity contribution in [3.05, 3.63) is 255 Å². The lowest BCUT2D eigenvalue weighted by molar-refractivity contribution is 1.29. The van der Waals surface area contributed by atoms with E-state index in [0.29, 0.717) is 0 Å². The van der Waals surface area contributed by atoms with Gasteiger partial charge in [0.1, 0.15) is 0 Å². The van der Waals surface area contributed by atoms with E-state index in [1.165, 1.54) is 79.2 Å². The number of hydrogen-bond donors (Lipinski definition) is 0. The number of anilines is 6. The monoisotopic (exact) mass is 902 g/mol. The van der Waals surface area contributed by atoms with Gasteiger partial charge < -0.3 is 9.80 Å². The molecule has 2 aromatic heterocycles. The molecule has 11 aromatic carbocycles. The zero-order chi connectivity index (χ0) is 45.0. The van der Waals surface area contributed by atoms with Crippen LogP contribution in [-0.2, 0) is 0 Å². The van der Waals surface area contributed by atoms with E-state index < -0.39 is 0 Å². The summed E-state index contributed by atoms with van der Waals surface area (Å²) in [6.07, 6.45) is 0. The van der Waals surface area contributed by atoms with Gasteiger partial charge in [0, 0.05) is 53.3 Å². The van der Waals surface area contributed by atoms with Gasteiger partial charge in [0.25, 0.3) is 0 Å². The molecule has 0 unspecified atom stereocenters. The first-order valence-corrected chi connectivity index (χ1v) is 24.7.